The molecule has 0 aromatic heterocycles. The SMILES string of the molecule is COc1c(F)ccc(Cl)c1C(O)C(=O)O. The minimum Gasteiger partial charge on any atom is -0.493 e. The molecule has 1 rings (SSSR count). The Morgan fingerprint density at radius 2 is 2.20 bits per heavy atom. The Hall–Kier alpha value is -1.33. The van der Waals surface area contributed by atoms with Crippen LogP contribution >= 0.6 is 11.6 Å². The van der Waals surface area contributed by atoms with Gasteiger partial charge in [0.2, 0.25) is 0 Å². The lowest BCUT2D eigenvalue weighted by Gasteiger charge is -2.13. The zero-order valence-electron chi connectivity index (χ0n) is 7.70. The first-order chi connectivity index (χ1) is 6.99. The first-order valence-electron chi connectivity index (χ1n) is 3.91. The fourth-order valence-electron chi connectivity index (χ4n) is 1.13. The third kappa shape index (κ3) is 2.19. The number of hydrogen-bond donors (Lipinski definition) is 2. The van der Waals surface area contributed by atoms with E-state index in [1.807, 2.05) is 0 Å². The van der Waals surface area contributed by atoms with Crippen molar-refractivity contribution in [2.45, 2.75) is 6.10 Å². The normalized spacial score (nSPS) is 12.3. The van der Waals surface area contributed by atoms with Crippen molar-refractivity contribution in [3.63, 3.8) is 0 Å². The van der Waals surface area contributed by atoms with E-state index in [2.05, 4.69) is 4.74 Å². The van der Waals surface area contributed by atoms with Crippen molar-refractivity contribution >= 4 is 17.6 Å². The van der Waals surface area contributed by atoms with E-state index in [1.165, 1.54) is 0 Å². The third-order valence-corrected chi connectivity index (χ3v) is 2.14. The van der Waals surface area contributed by atoms with Crippen molar-refractivity contribution in [2.75, 3.05) is 7.11 Å². The van der Waals surface area contributed by atoms with Gasteiger partial charge in [0, 0.05) is 0 Å². The van der Waals surface area contributed by atoms with Gasteiger partial charge in [0.05, 0.1) is 17.7 Å². The number of aliphatic hydroxyl groups excluding tert-OH is 1. The van der Waals surface area contributed by atoms with Crippen LogP contribution in [-0.4, -0.2) is 23.3 Å². The van der Waals surface area contributed by atoms with Gasteiger partial charge in [-0.25, -0.2) is 9.18 Å². The highest BCUT2D eigenvalue weighted by atomic mass is 35.5. The highest BCUT2D eigenvalue weighted by molar-refractivity contribution is 6.31. The quantitative estimate of drug-likeness (QED) is 0.834. The number of carboxylic acids is 1. The summed E-state index contributed by atoms with van der Waals surface area (Å²) in [6.45, 7) is 0. The van der Waals surface area contributed by atoms with Gasteiger partial charge >= 0.3 is 5.97 Å². The van der Waals surface area contributed by atoms with Crippen LogP contribution in [0.25, 0.3) is 0 Å². The largest absolute Gasteiger partial charge is 0.493 e. The summed E-state index contributed by atoms with van der Waals surface area (Å²) in [6.07, 6.45) is -1.91. The summed E-state index contributed by atoms with van der Waals surface area (Å²) in [4.78, 5) is 10.5. The Morgan fingerprint density at radius 3 is 2.67 bits per heavy atom. The summed E-state index contributed by atoms with van der Waals surface area (Å²) in [5.41, 5.74) is -0.285. The Balaban J connectivity index is 3.37. The molecule has 1 atom stereocenters. The fourth-order valence-corrected chi connectivity index (χ4v) is 1.39. The molecule has 0 aliphatic heterocycles. The lowest BCUT2D eigenvalue weighted by Crippen LogP contribution is -2.13. The predicted molar refractivity (Wildman–Crippen MR) is 50.6 cm³/mol. The van der Waals surface area contributed by atoms with E-state index in [-0.39, 0.29) is 16.3 Å². The van der Waals surface area contributed by atoms with Crippen LogP contribution in [-0.2, 0) is 4.79 Å². The molecule has 0 bridgehead atoms. The molecule has 0 heterocycles. The summed E-state index contributed by atoms with van der Waals surface area (Å²) in [5, 5.41) is 17.8. The lowest BCUT2D eigenvalue weighted by molar-refractivity contribution is -0.147. The smallest absolute Gasteiger partial charge is 0.337 e. The van der Waals surface area contributed by atoms with Gasteiger partial charge in [-0.05, 0) is 12.1 Å². The molecule has 82 valence electrons. The molecule has 0 aliphatic rings. The van der Waals surface area contributed by atoms with Gasteiger partial charge in [0.1, 0.15) is 0 Å². The van der Waals surface area contributed by atoms with E-state index in [4.69, 9.17) is 16.7 Å². The van der Waals surface area contributed by atoms with Gasteiger partial charge < -0.3 is 14.9 Å². The van der Waals surface area contributed by atoms with E-state index < -0.39 is 17.9 Å². The molecular formula is C9H8ClFO4. The number of rotatable bonds is 3. The zero-order chi connectivity index (χ0) is 11.6. The standard InChI is InChI=1S/C9H8ClFO4/c1-15-8-5(11)3-2-4(10)6(8)7(12)9(13)14/h2-3,7,12H,1H3,(H,13,14). The van der Waals surface area contributed by atoms with Crippen LogP contribution in [0.2, 0.25) is 5.02 Å². The van der Waals surface area contributed by atoms with Crippen LogP contribution in [0.5, 0.6) is 5.75 Å². The van der Waals surface area contributed by atoms with Crippen LogP contribution < -0.4 is 4.74 Å². The highest BCUT2D eigenvalue weighted by Gasteiger charge is 2.25. The predicted octanol–water partition coefficient (Wildman–Crippen LogP) is 1.61. The summed E-state index contributed by atoms with van der Waals surface area (Å²) in [6, 6.07) is 2.18. The number of ether oxygens (including phenoxy) is 1. The lowest BCUT2D eigenvalue weighted by atomic mass is 10.1. The molecule has 1 unspecified atom stereocenters. The van der Waals surface area contributed by atoms with E-state index in [0.29, 0.717) is 0 Å². The van der Waals surface area contributed by atoms with E-state index >= 15 is 0 Å². The maximum absolute atomic E-state index is 13.2. The third-order valence-electron chi connectivity index (χ3n) is 1.81. The number of carbonyl (C=O) groups is 1. The number of hydrogen-bond acceptors (Lipinski definition) is 3. The van der Waals surface area contributed by atoms with Crippen LogP contribution in [0.3, 0.4) is 0 Å². The van der Waals surface area contributed by atoms with Crippen molar-refractivity contribution in [1.82, 2.24) is 0 Å². The molecule has 2 N–H and O–H groups in total. The molecule has 1 aromatic carbocycles. The van der Waals surface area contributed by atoms with Gasteiger partial charge in [0.15, 0.2) is 17.7 Å². The number of aliphatic carboxylic acids is 1. The second-order valence-corrected chi connectivity index (χ2v) is 3.12. The van der Waals surface area contributed by atoms with Gasteiger partial charge in [-0.15, -0.1) is 0 Å². The van der Waals surface area contributed by atoms with Gasteiger partial charge in [-0.3, -0.25) is 0 Å². The molecule has 0 fully saturated rings. The second kappa shape index (κ2) is 4.46. The first kappa shape index (κ1) is 11.7. The number of benzene rings is 1. The van der Waals surface area contributed by atoms with E-state index in [9.17, 15) is 14.3 Å². The van der Waals surface area contributed by atoms with Crippen LogP contribution in [0, 0.1) is 5.82 Å². The maximum Gasteiger partial charge on any atom is 0.337 e. The summed E-state index contributed by atoms with van der Waals surface area (Å²) in [5.74, 6) is -2.67. The van der Waals surface area contributed by atoms with Crippen LogP contribution in [0.4, 0.5) is 4.39 Å². The van der Waals surface area contributed by atoms with Crippen molar-refractivity contribution in [1.29, 1.82) is 0 Å². The Bertz CT molecular complexity index is 394. The van der Waals surface area contributed by atoms with Crippen LogP contribution in [0.1, 0.15) is 11.7 Å². The van der Waals surface area contributed by atoms with Crippen molar-refractivity contribution in [3.8, 4) is 5.75 Å². The fraction of sp³-hybridized carbons (Fsp3) is 0.222. The van der Waals surface area contributed by atoms with E-state index in [0.717, 1.165) is 19.2 Å². The Morgan fingerprint density at radius 1 is 1.60 bits per heavy atom. The van der Waals surface area contributed by atoms with Gasteiger partial charge in [0.25, 0.3) is 0 Å². The first-order valence-corrected chi connectivity index (χ1v) is 4.29. The van der Waals surface area contributed by atoms with Crippen molar-refractivity contribution < 1.29 is 24.1 Å². The monoisotopic (exact) mass is 234 g/mol. The molecule has 0 amide bonds. The number of halogens is 2. The van der Waals surface area contributed by atoms with Crippen molar-refractivity contribution in [3.05, 3.63) is 28.5 Å². The molecule has 6 heteroatoms. The molecule has 15 heavy (non-hydrogen) atoms. The molecule has 0 aliphatic carbocycles. The maximum atomic E-state index is 13.2. The van der Waals surface area contributed by atoms with Crippen molar-refractivity contribution in [2.24, 2.45) is 0 Å². The molecule has 4 nitrogen and oxygen atoms in total. The van der Waals surface area contributed by atoms with Gasteiger partial charge in [-0.1, -0.05) is 11.6 Å². The zero-order valence-corrected chi connectivity index (χ0v) is 8.45. The molecular weight excluding hydrogens is 227 g/mol. The minimum absolute atomic E-state index is 0.0665. The topological polar surface area (TPSA) is 66.8 Å². The van der Waals surface area contributed by atoms with Crippen LogP contribution in [0.15, 0.2) is 12.1 Å². The van der Waals surface area contributed by atoms with Gasteiger partial charge in [-0.2, -0.15) is 0 Å². The molecule has 1 aromatic rings. The Labute approximate surface area is 89.9 Å². The summed E-state index contributed by atoms with van der Waals surface area (Å²) < 4.78 is 17.8. The number of carboxylic acid groups (broad SMARTS) is 1. The minimum atomic E-state index is -1.91. The average Bonchev–Trinajstić information content (AvgIpc) is 2.19. The highest BCUT2D eigenvalue weighted by Crippen LogP contribution is 2.34. The average molecular weight is 235 g/mol. The summed E-state index contributed by atoms with van der Waals surface area (Å²) in [7, 11) is 1.16. The number of aliphatic hydroxyl groups is 1. The summed E-state index contributed by atoms with van der Waals surface area (Å²) >= 11 is 5.65. The molecule has 0 radical (unpaired) electrons. The number of methoxy groups -OCH3 is 1. The van der Waals surface area contributed by atoms with E-state index in [1.54, 1.807) is 0 Å². The second-order valence-electron chi connectivity index (χ2n) is 2.72. The molecule has 0 spiro atoms. The molecule has 0 saturated heterocycles. The molecule has 0 saturated carbocycles. The Kier molecular flexibility index (Phi) is 3.49.